The van der Waals surface area contributed by atoms with E-state index in [9.17, 15) is 18.0 Å². The summed E-state index contributed by atoms with van der Waals surface area (Å²) in [6.45, 7) is 0.0586. The maximum atomic E-state index is 11.8. The monoisotopic (exact) mass is 317 g/mol. The van der Waals surface area contributed by atoms with E-state index in [2.05, 4.69) is 5.32 Å². The highest BCUT2D eigenvalue weighted by Gasteiger charge is 2.10. The molecule has 0 fully saturated rings. The number of hydrogen-bond acceptors (Lipinski definition) is 4. The minimum Gasteiger partial charge on any atom is -0.355 e. The van der Waals surface area contributed by atoms with Crippen molar-refractivity contribution in [3.8, 4) is 0 Å². The van der Waals surface area contributed by atoms with E-state index in [1.807, 2.05) is 0 Å². The number of sulfone groups is 1. The number of amides is 1. The highest BCUT2D eigenvalue weighted by molar-refractivity contribution is 7.90. The zero-order valence-electron chi connectivity index (χ0n) is 11.1. The summed E-state index contributed by atoms with van der Waals surface area (Å²) in [5.41, 5.74) is 0.460. The molecular formula is C13H16ClNO4S. The Morgan fingerprint density at radius 1 is 1.25 bits per heavy atom. The lowest BCUT2D eigenvalue weighted by atomic mass is 10.1. The first-order valence-corrected chi connectivity index (χ1v) is 8.45. The van der Waals surface area contributed by atoms with Gasteiger partial charge in [0.2, 0.25) is 5.91 Å². The van der Waals surface area contributed by atoms with Crippen molar-refractivity contribution in [1.29, 1.82) is 0 Å². The van der Waals surface area contributed by atoms with Crippen LogP contribution in [0.5, 0.6) is 0 Å². The zero-order chi connectivity index (χ0) is 15.2. The summed E-state index contributed by atoms with van der Waals surface area (Å²) in [6.07, 6.45) is 1.18. The van der Waals surface area contributed by atoms with Crippen molar-refractivity contribution in [3.63, 3.8) is 0 Å². The number of carbonyl (C=O) groups excluding carboxylic acids is 2. The Bertz CT molecular complexity index is 598. The quantitative estimate of drug-likeness (QED) is 0.772. The van der Waals surface area contributed by atoms with Gasteiger partial charge in [-0.1, -0.05) is 23.7 Å². The van der Waals surface area contributed by atoms with E-state index in [0.29, 0.717) is 10.6 Å². The van der Waals surface area contributed by atoms with Crippen LogP contribution in [-0.2, 0) is 14.6 Å². The highest BCUT2D eigenvalue weighted by atomic mass is 35.5. The highest BCUT2D eigenvalue weighted by Crippen LogP contribution is 2.12. The van der Waals surface area contributed by atoms with Gasteiger partial charge in [-0.25, -0.2) is 8.42 Å². The Morgan fingerprint density at radius 3 is 2.55 bits per heavy atom. The third-order valence-corrected chi connectivity index (χ3v) is 3.70. The molecule has 0 unspecified atom stereocenters. The number of halogens is 1. The Labute approximate surface area is 123 Å². The van der Waals surface area contributed by atoms with E-state index in [0.717, 1.165) is 6.26 Å². The molecule has 7 heteroatoms. The molecule has 1 rings (SSSR count). The average Bonchev–Trinajstić information content (AvgIpc) is 2.34. The van der Waals surface area contributed by atoms with Crippen LogP contribution in [-0.4, -0.2) is 38.7 Å². The van der Waals surface area contributed by atoms with Crippen LogP contribution < -0.4 is 5.32 Å². The molecule has 1 amide bonds. The second-order valence-corrected chi connectivity index (χ2v) is 7.11. The van der Waals surface area contributed by atoms with Crippen molar-refractivity contribution >= 4 is 33.1 Å². The molecule has 0 aromatic heterocycles. The molecule has 110 valence electrons. The van der Waals surface area contributed by atoms with Gasteiger partial charge in [-0.3, -0.25) is 9.59 Å². The van der Waals surface area contributed by atoms with Crippen molar-refractivity contribution < 1.29 is 18.0 Å². The lowest BCUT2D eigenvalue weighted by Gasteiger charge is -2.04. The number of hydrogen-bond donors (Lipinski definition) is 1. The lowest BCUT2D eigenvalue weighted by molar-refractivity contribution is -0.120. The third-order valence-electron chi connectivity index (χ3n) is 2.52. The Hall–Kier alpha value is -1.40. The van der Waals surface area contributed by atoms with Gasteiger partial charge in [0, 0.05) is 36.2 Å². The summed E-state index contributed by atoms with van der Waals surface area (Å²) in [6, 6.07) is 6.51. The topological polar surface area (TPSA) is 80.3 Å². The number of carbonyl (C=O) groups is 2. The molecule has 5 nitrogen and oxygen atoms in total. The van der Waals surface area contributed by atoms with Crippen LogP contribution in [0.1, 0.15) is 23.2 Å². The first-order valence-electron chi connectivity index (χ1n) is 6.01. The molecular weight excluding hydrogens is 302 g/mol. The summed E-state index contributed by atoms with van der Waals surface area (Å²) in [7, 11) is -3.10. The maximum Gasteiger partial charge on any atom is 0.220 e. The number of rotatable bonds is 7. The fraction of sp³-hybridized carbons (Fsp3) is 0.385. The van der Waals surface area contributed by atoms with Crippen molar-refractivity contribution in [2.75, 3.05) is 18.6 Å². The van der Waals surface area contributed by atoms with E-state index < -0.39 is 9.84 Å². The summed E-state index contributed by atoms with van der Waals surface area (Å²) in [5.74, 6) is -0.629. The van der Waals surface area contributed by atoms with Crippen LogP contribution >= 0.6 is 11.6 Å². The summed E-state index contributed by atoms with van der Waals surface area (Å²) in [4.78, 5) is 23.2. The Kier molecular flexibility index (Phi) is 6.16. The largest absolute Gasteiger partial charge is 0.355 e. The maximum absolute atomic E-state index is 11.8. The van der Waals surface area contributed by atoms with Crippen molar-refractivity contribution in [2.45, 2.75) is 12.8 Å². The smallest absolute Gasteiger partial charge is 0.220 e. The van der Waals surface area contributed by atoms with Gasteiger partial charge in [0.1, 0.15) is 9.84 Å². The SMILES string of the molecule is CS(=O)(=O)CCNC(=O)CCC(=O)c1cccc(Cl)c1. The molecule has 0 radical (unpaired) electrons. The number of benzene rings is 1. The second-order valence-electron chi connectivity index (χ2n) is 4.41. The first-order chi connectivity index (χ1) is 9.28. The van der Waals surface area contributed by atoms with Crippen LogP contribution in [0, 0.1) is 0 Å². The molecule has 20 heavy (non-hydrogen) atoms. The van der Waals surface area contributed by atoms with Crippen molar-refractivity contribution in [1.82, 2.24) is 5.32 Å². The van der Waals surface area contributed by atoms with Gasteiger partial charge in [0.15, 0.2) is 5.78 Å². The molecule has 0 aliphatic carbocycles. The van der Waals surface area contributed by atoms with E-state index in [1.165, 1.54) is 0 Å². The summed E-state index contributed by atoms with van der Waals surface area (Å²) >= 11 is 5.77. The van der Waals surface area contributed by atoms with Gasteiger partial charge in [-0.05, 0) is 12.1 Å². The van der Waals surface area contributed by atoms with Crippen LogP contribution in [0.15, 0.2) is 24.3 Å². The van der Waals surface area contributed by atoms with Crippen LogP contribution in [0.25, 0.3) is 0 Å². The summed E-state index contributed by atoms with van der Waals surface area (Å²) < 4.78 is 21.8. The fourth-order valence-corrected chi connectivity index (χ4v) is 2.16. The number of Topliss-reactive ketones (excluding diaryl/α,β-unsaturated/α-hetero) is 1. The van der Waals surface area contributed by atoms with E-state index in [-0.39, 0.29) is 36.8 Å². The molecule has 0 saturated carbocycles. The predicted molar refractivity (Wildman–Crippen MR) is 77.7 cm³/mol. The van der Waals surface area contributed by atoms with Gasteiger partial charge in [-0.15, -0.1) is 0 Å². The molecule has 0 spiro atoms. The van der Waals surface area contributed by atoms with E-state index in [1.54, 1.807) is 24.3 Å². The molecule has 1 aromatic carbocycles. The van der Waals surface area contributed by atoms with Gasteiger partial charge in [0.05, 0.1) is 5.75 Å². The summed E-state index contributed by atoms with van der Waals surface area (Å²) in [5, 5.41) is 2.93. The minimum atomic E-state index is -3.10. The fourth-order valence-electron chi connectivity index (χ4n) is 1.50. The molecule has 0 aliphatic heterocycles. The first kappa shape index (κ1) is 16.7. The van der Waals surface area contributed by atoms with Gasteiger partial charge < -0.3 is 5.32 Å². The standard InChI is InChI=1S/C13H16ClNO4S/c1-20(18,19)8-7-15-13(17)6-5-12(16)10-3-2-4-11(14)9-10/h2-4,9H,5-8H2,1H3,(H,15,17). The average molecular weight is 318 g/mol. The lowest BCUT2D eigenvalue weighted by Crippen LogP contribution is -2.29. The number of nitrogens with one attached hydrogen (secondary N) is 1. The van der Waals surface area contributed by atoms with E-state index >= 15 is 0 Å². The third kappa shape index (κ3) is 6.68. The zero-order valence-corrected chi connectivity index (χ0v) is 12.6. The molecule has 0 bridgehead atoms. The molecule has 0 heterocycles. The normalized spacial score (nSPS) is 11.1. The number of ketones is 1. The van der Waals surface area contributed by atoms with Crippen LogP contribution in [0.2, 0.25) is 5.02 Å². The molecule has 0 aliphatic rings. The minimum absolute atomic E-state index is 0.0229. The van der Waals surface area contributed by atoms with Crippen LogP contribution in [0.4, 0.5) is 0 Å². The van der Waals surface area contributed by atoms with Crippen LogP contribution in [0.3, 0.4) is 0 Å². The van der Waals surface area contributed by atoms with Gasteiger partial charge in [-0.2, -0.15) is 0 Å². The second kappa shape index (κ2) is 7.40. The van der Waals surface area contributed by atoms with Crippen molar-refractivity contribution in [3.05, 3.63) is 34.9 Å². The van der Waals surface area contributed by atoms with Gasteiger partial charge in [0.25, 0.3) is 0 Å². The Morgan fingerprint density at radius 2 is 1.95 bits per heavy atom. The van der Waals surface area contributed by atoms with E-state index in [4.69, 9.17) is 11.6 Å². The Balaban J connectivity index is 2.36. The molecule has 1 aromatic rings. The van der Waals surface area contributed by atoms with Gasteiger partial charge >= 0.3 is 0 Å². The predicted octanol–water partition coefficient (Wildman–Crippen LogP) is 1.46. The molecule has 0 atom stereocenters. The van der Waals surface area contributed by atoms with Crippen molar-refractivity contribution in [2.24, 2.45) is 0 Å². The molecule has 1 N–H and O–H groups in total. The molecule has 0 saturated heterocycles.